The molecule has 0 amide bonds. The SMILES string of the molecule is C#CCO/C=C\C[CH2-].CC(C)c1cc(C(C)C)c(N2C[NH+](C3([O-])c4ccccc4S3(=O)=O)[C@@H](c3ccccc3)[C@@H]2c2ccccc2)c(C(C)C)c1.[CH2-]C/C=C\OC[C@H](O)CO.[Mo].[Mo]. The quantitative estimate of drug-likeness (QED) is 0.0366. The predicted octanol–water partition coefficient (Wildman–Crippen LogP) is 7.62. The van der Waals surface area contributed by atoms with Crippen LogP contribution < -0.4 is 14.9 Å². The van der Waals surface area contributed by atoms with E-state index >= 15 is 5.11 Å². The summed E-state index contributed by atoms with van der Waals surface area (Å²) in [6.45, 7) is 20.9. The average Bonchev–Trinajstić information content (AvgIpc) is 3.67. The second kappa shape index (κ2) is 26.4. The average molecular weight is 1040 g/mol. The number of ether oxygens (including phenoxy) is 2. The summed E-state index contributed by atoms with van der Waals surface area (Å²) in [4.78, 5) is 3.03. The van der Waals surface area contributed by atoms with E-state index in [0.29, 0.717) is 29.4 Å². The largest absolute Gasteiger partial charge is 0.787 e. The van der Waals surface area contributed by atoms with Crippen molar-refractivity contribution >= 4 is 15.5 Å². The Balaban J connectivity index is 0.000000575. The fraction of sp³-hybridized carbons (Fsp3) is 0.373. The van der Waals surface area contributed by atoms with Crippen LogP contribution in [0.1, 0.15) is 118 Å². The number of allylic oxidation sites excluding steroid dienone is 2. The van der Waals surface area contributed by atoms with E-state index in [1.807, 2.05) is 48.5 Å². The standard InChI is InChI=1S/C37H41N2O3S.C7H13O3.C7H9O.2Mo/c1-24(2)29-21-30(25(3)4)36(31(22-29)26(5)6)38-23-39(37(40)32-19-13-14-20-33(32)43(37,41)42)35(28-17-11-8-12-18-28)34(38)27-15-9-7-10-16-27;1-2-3-4-10-6-7(9)5-8;1-3-5-7-8-6-4-2;;/h7-22,24-26,34-35H,23H2,1-6H3;3-4,7-9H,1-2,5-6H2;2,5,7H,1,3,6H2;;/q3*-1;;/p+1/b;4-3-;7-5-;;/t34-,35-,37?;7-;;;/m01.../s1. The van der Waals surface area contributed by atoms with Gasteiger partial charge in [-0.15, -0.1) is 6.42 Å². The molecule has 0 aliphatic carbocycles. The number of anilines is 1. The van der Waals surface area contributed by atoms with E-state index in [1.54, 1.807) is 42.7 Å². The van der Waals surface area contributed by atoms with Gasteiger partial charge in [-0.25, -0.2) is 8.42 Å². The first-order chi connectivity index (χ1) is 29.2. The molecule has 12 heteroatoms. The molecular formula is C51H64Mo2N2O7S-2. The van der Waals surface area contributed by atoms with Crippen LogP contribution in [0.3, 0.4) is 0 Å². The number of nitrogens with zero attached hydrogens (tertiary/aromatic N) is 1. The Kier molecular flexibility index (Phi) is 23.3. The molecule has 0 spiro atoms. The van der Waals surface area contributed by atoms with Gasteiger partial charge in [0.25, 0.3) is 0 Å². The first kappa shape index (κ1) is 55.6. The van der Waals surface area contributed by atoms with Gasteiger partial charge in [0.15, 0.2) is 11.7 Å². The summed E-state index contributed by atoms with van der Waals surface area (Å²) >= 11 is 0. The van der Waals surface area contributed by atoms with Crippen molar-refractivity contribution in [2.24, 2.45) is 0 Å². The van der Waals surface area contributed by atoms with Crippen LogP contribution in [0, 0.1) is 26.2 Å². The van der Waals surface area contributed by atoms with Gasteiger partial charge in [-0.3, -0.25) is 0 Å². The van der Waals surface area contributed by atoms with E-state index in [-0.39, 0.29) is 84.8 Å². The Bertz CT molecular complexity index is 2160. The third kappa shape index (κ3) is 13.1. The van der Waals surface area contributed by atoms with Crippen molar-refractivity contribution in [1.82, 2.24) is 0 Å². The molecule has 0 bridgehead atoms. The molecule has 3 N–H and O–H groups in total. The first-order valence-corrected chi connectivity index (χ1v) is 22.5. The third-order valence-corrected chi connectivity index (χ3v) is 12.9. The van der Waals surface area contributed by atoms with Crippen molar-refractivity contribution in [3.63, 3.8) is 0 Å². The van der Waals surface area contributed by atoms with Crippen LogP contribution in [0.15, 0.2) is 127 Å². The van der Waals surface area contributed by atoms with Crippen molar-refractivity contribution in [3.05, 3.63) is 169 Å². The molecule has 0 saturated carbocycles. The maximum absolute atomic E-state index is 15.1. The van der Waals surface area contributed by atoms with E-state index in [2.05, 4.69) is 90.5 Å². The van der Waals surface area contributed by atoms with Crippen molar-refractivity contribution in [2.45, 2.75) is 100 Å². The number of terminal acetylenes is 1. The van der Waals surface area contributed by atoms with E-state index in [4.69, 9.17) is 26.1 Å². The van der Waals surface area contributed by atoms with Gasteiger partial charge < -0.3 is 48.4 Å². The Labute approximate surface area is 406 Å². The number of hydrogen-bond donors (Lipinski definition) is 3. The predicted molar refractivity (Wildman–Crippen MR) is 243 cm³/mol. The molecule has 0 aromatic heterocycles. The van der Waals surface area contributed by atoms with E-state index in [1.165, 1.54) is 23.0 Å². The first-order valence-electron chi connectivity index (χ1n) is 21.0. The molecule has 1 saturated heterocycles. The molecule has 63 heavy (non-hydrogen) atoms. The number of aliphatic hydroxyl groups is 2. The van der Waals surface area contributed by atoms with E-state index < -0.39 is 27.0 Å². The van der Waals surface area contributed by atoms with Gasteiger partial charge in [0.1, 0.15) is 31.4 Å². The van der Waals surface area contributed by atoms with Crippen molar-refractivity contribution in [2.75, 3.05) is 31.4 Å². The fourth-order valence-electron chi connectivity index (χ4n) is 7.75. The monoisotopic (exact) mass is 1040 g/mol. The topological polar surface area (TPSA) is 124 Å². The number of quaternary nitrogens is 1. The maximum Gasteiger partial charge on any atom is 0.224 e. The molecule has 2 heterocycles. The Morgan fingerprint density at radius 3 is 1.84 bits per heavy atom. The number of benzene rings is 4. The zero-order chi connectivity index (χ0) is 44.7. The zero-order valence-corrected chi connectivity index (χ0v) is 42.2. The Morgan fingerprint density at radius 1 is 0.841 bits per heavy atom. The van der Waals surface area contributed by atoms with Crippen LogP contribution in [-0.4, -0.2) is 51.2 Å². The van der Waals surface area contributed by atoms with Gasteiger partial charge in [0.2, 0.25) is 9.84 Å². The molecule has 6 rings (SSSR count). The zero-order valence-electron chi connectivity index (χ0n) is 37.4. The molecule has 2 aliphatic heterocycles. The van der Waals surface area contributed by atoms with Gasteiger partial charge in [-0.05, 0) is 46.1 Å². The summed E-state index contributed by atoms with van der Waals surface area (Å²) < 4.78 is 37.4. The summed E-state index contributed by atoms with van der Waals surface area (Å²) in [7, 11) is -4.11. The van der Waals surface area contributed by atoms with Crippen LogP contribution >= 0.6 is 0 Å². The number of fused-ring (bicyclic) bond motifs is 1. The molecule has 9 nitrogen and oxygen atoms in total. The molecule has 2 unspecified atom stereocenters. The molecule has 4 aromatic carbocycles. The second-order valence-electron chi connectivity index (χ2n) is 16.0. The van der Waals surface area contributed by atoms with Gasteiger partial charge in [0.05, 0.1) is 24.0 Å². The summed E-state index contributed by atoms with van der Waals surface area (Å²) in [5.41, 5.74) is 7.29. The minimum atomic E-state index is -4.11. The van der Waals surface area contributed by atoms with Gasteiger partial charge >= 0.3 is 0 Å². The number of sulfone groups is 1. The normalized spacial score (nSPS) is 20.0. The molecule has 4 aromatic rings. The molecule has 1 fully saturated rings. The molecule has 0 radical (unpaired) electrons. The van der Waals surface area contributed by atoms with E-state index in [0.717, 1.165) is 23.2 Å². The smallest absolute Gasteiger partial charge is 0.224 e. The maximum atomic E-state index is 15.1. The van der Waals surface area contributed by atoms with Crippen molar-refractivity contribution < 1.29 is 80.2 Å². The number of nitrogens with one attached hydrogen (secondary N) is 1. The van der Waals surface area contributed by atoms with Crippen molar-refractivity contribution in [3.8, 4) is 12.3 Å². The summed E-state index contributed by atoms with van der Waals surface area (Å²) in [6.07, 6.45) is 12.1. The number of aliphatic hydroxyl groups excluding tert-OH is 2. The summed E-state index contributed by atoms with van der Waals surface area (Å²) in [5.74, 6) is 3.17. The fourth-order valence-corrected chi connectivity index (χ4v) is 9.67. The van der Waals surface area contributed by atoms with Crippen LogP contribution in [0.5, 0.6) is 0 Å². The summed E-state index contributed by atoms with van der Waals surface area (Å²) in [5, 5.41) is 29.8. The Hall–Kier alpha value is -3.51. The summed E-state index contributed by atoms with van der Waals surface area (Å²) in [6, 6.07) is 31.0. The number of hydrogen-bond acceptors (Lipinski definition) is 8. The Morgan fingerprint density at radius 2 is 1.35 bits per heavy atom. The molecule has 340 valence electrons. The number of rotatable bonds is 15. The molecular weight excluding hydrogens is 977 g/mol. The van der Waals surface area contributed by atoms with Crippen LogP contribution in [0.4, 0.5) is 5.69 Å². The molecule has 2 aliphatic rings. The van der Waals surface area contributed by atoms with Crippen LogP contribution in [-0.2, 0) is 66.5 Å². The van der Waals surface area contributed by atoms with Gasteiger partial charge in [-0.1, -0.05) is 151 Å². The second-order valence-corrected chi connectivity index (χ2v) is 18.1. The third-order valence-electron chi connectivity index (χ3n) is 10.8. The van der Waals surface area contributed by atoms with Crippen LogP contribution in [0.2, 0.25) is 0 Å². The van der Waals surface area contributed by atoms with Gasteiger partial charge in [-0.2, -0.15) is 12.8 Å². The van der Waals surface area contributed by atoms with Crippen LogP contribution in [0.25, 0.3) is 0 Å². The minimum absolute atomic E-state index is 0. The van der Waals surface area contributed by atoms with Crippen molar-refractivity contribution in [1.29, 1.82) is 0 Å². The van der Waals surface area contributed by atoms with E-state index in [9.17, 15) is 8.42 Å². The molecule has 5 atom stereocenters. The minimum Gasteiger partial charge on any atom is -0.787 e. The van der Waals surface area contributed by atoms with Gasteiger partial charge in [0, 0.05) is 58.9 Å².